The molecule has 7 rings (SSSR count). The van der Waals surface area contributed by atoms with Crippen LogP contribution in [0.15, 0.2) is 140 Å². The Morgan fingerprint density at radius 3 is 1.89 bits per heavy atom. The summed E-state index contributed by atoms with van der Waals surface area (Å²) in [6.07, 6.45) is 5.56. The van der Waals surface area contributed by atoms with Gasteiger partial charge in [-0.3, -0.25) is 5.10 Å². The van der Waals surface area contributed by atoms with E-state index in [0.717, 1.165) is 38.6 Å². The van der Waals surface area contributed by atoms with Gasteiger partial charge in [-0.25, -0.2) is 4.98 Å². The lowest BCUT2D eigenvalue weighted by Gasteiger charge is -2.37. The van der Waals surface area contributed by atoms with Crippen molar-refractivity contribution in [2.75, 3.05) is 0 Å². The highest BCUT2D eigenvalue weighted by Gasteiger charge is 2.42. The molecule has 0 aliphatic heterocycles. The van der Waals surface area contributed by atoms with Crippen LogP contribution in [0, 0.1) is 5.92 Å². The van der Waals surface area contributed by atoms with Crippen molar-refractivity contribution in [2.45, 2.75) is 25.0 Å². The number of aromatic amines is 1. The van der Waals surface area contributed by atoms with E-state index in [1.54, 1.807) is 6.20 Å². The molecule has 6 nitrogen and oxygen atoms in total. The fourth-order valence-electron chi connectivity index (χ4n) is 6.53. The first-order chi connectivity index (χ1) is 21.9. The maximum absolute atomic E-state index is 12.6. The predicted molar refractivity (Wildman–Crippen MR) is 179 cm³/mol. The highest BCUT2D eigenvalue weighted by atomic mass is 35.5. The average Bonchev–Trinajstić information content (AvgIpc) is 3.80. The van der Waals surface area contributed by atoms with Crippen molar-refractivity contribution in [2.24, 2.45) is 5.92 Å². The SMILES string of the molecule is CC(C)C(O)(c1ccc2c(Cl)c(-c3c[nH]nn3)ccc2c1)c1cn(C(c2ccccc2)(c2ccccc2)c2ccccc2)cn1. The van der Waals surface area contributed by atoms with E-state index in [1.807, 2.05) is 74.9 Å². The minimum absolute atomic E-state index is 0.192. The zero-order valence-electron chi connectivity index (χ0n) is 25.0. The molecule has 222 valence electrons. The molecule has 0 spiro atoms. The van der Waals surface area contributed by atoms with Gasteiger partial charge < -0.3 is 9.67 Å². The van der Waals surface area contributed by atoms with Crippen molar-refractivity contribution in [3.8, 4) is 11.3 Å². The smallest absolute Gasteiger partial charge is 0.135 e. The van der Waals surface area contributed by atoms with Crippen LogP contribution in [0.4, 0.5) is 0 Å². The van der Waals surface area contributed by atoms with E-state index in [9.17, 15) is 5.11 Å². The summed E-state index contributed by atoms with van der Waals surface area (Å²) in [5, 5.41) is 25.7. The van der Waals surface area contributed by atoms with Crippen molar-refractivity contribution in [3.63, 3.8) is 0 Å². The van der Waals surface area contributed by atoms with Crippen LogP contribution in [0.1, 0.15) is 41.8 Å². The molecule has 0 aliphatic rings. The van der Waals surface area contributed by atoms with Crippen LogP contribution >= 0.6 is 11.6 Å². The van der Waals surface area contributed by atoms with Crippen LogP contribution < -0.4 is 0 Å². The van der Waals surface area contributed by atoms with Crippen LogP contribution in [-0.2, 0) is 11.1 Å². The number of H-pyrrole nitrogens is 1. The summed E-state index contributed by atoms with van der Waals surface area (Å²) in [4.78, 5) is 4.94. The number of aromatic nitrogens is 5. The van der Waals surface area contributed by atoms with Crippen molar-refractivity contribution in [1.29, 1.82) is 0 Å². The van der Waals surface area contributed by atoms with E-state index in [0.29, 0.717) is 16.4 Å². The number of benzene rings is 5. The van der Waals surface area contributed by atoms with Crippen LogP contribution in [0.3, 0.4) is 0 Å². The first-order valence-electron chi connectivity index (χ1n) is 15.0. The molecule has 0 fully saturated rings. The maximum Gasteiger partial charge on any atom is 0.135 e. The van der Waals surface area contributed by atoms with E-state index in [2.05, 4.69) is 92.8 Å². The normalized spacial score (nSPS) is 13.3. The van der Waals surface area contributed by atoms with Crippen molar-refractivity contribution < 1.29 is 5.11 Å². The van der Waals surface area contributed by atoms with E-state index >= 15 is 0 Å². The monoisotopic (exact) mass is 609 g/mol. The minimum atomic E-state index is -1.38. The molecule has 0 radical (unpaired) electrons. The molecule has 0 aliphatic carbocycles. The van der Waals surface area contributed by atoms with E-state index < -0.39 is 11.1 Å². The van der Waals surface area contributed by atoms with Crippen molar-refractivity contribution >= 4 is 22.4 Å². The molecule has 2 aromatic heterocycles. The number of fused-ring (bicyclic) bond motifs is 1. The van der Waals surface area contributed by atoms with Crippen LogP contribution in [0.2, 0.25) is 5.02 Å². The maximum atomic E-state index is 12.6. The molecule has 0 amide bonds. The summed E-state index contributed by atoms with van der Waals surface area (Å²) in [6.45, 7) is 4.03. The number of nitrogens with one attached hydrogen (secondary N) is 1. The number of rotatable bonds is 8. The lowest BCUT2D eigenvalue weighted by Crippen LogP contribution is -2.37. The van der Waals surface area contributed by atoms with Gasteiger partial charge >= 0.3 is 0 Å². The first-order valence-corrected chi connectivity index (χ1v) is 15.3. The van der Waals surface area contributed by atoms with Gasteiger partial charge in [0, 0.05) is 17.1 Å². The predicted octanol–water partition coefficient (Wildman–Crippen LogP) is 8.21. The van der Waals surface area contributed by atoms with E-state index in [1.165, 1.54) is 0 Å². The molecular weight excluding hydrogens is 578 g/mol. The third-order valence-corrected chi connectivity index (χ3v) is 9.26. The zero-order chi connectivity index (χ0) is 31.0. The highest BCUT2D eigenvalue weighted by molar-refractivity contribution is 6.38. The Morgan fingerprint density at radius 1 is 0.756 bits per heavy atom. The summed E-state index contributed by atoms with van der Waals surface area (Å²) in [7, 11) is 0. The molecular formula is C38H32ClN5O. The fourth-order valence-corrected chi connectivity index (χ4v) is 6.86. The Hall–Kier alpha value is -5.04. The molecule has 45 heavy (non-hydrogen) atoms. The Kier molecular flexibility index (Phi) is 7.32. The molecule has 0 saturated carbocycles. The zero-order valence-corrected chi connectivity index (χ0v) is 25.7. The minimum Gasteiger partial charge on any atom is -0.378 e. The molecule has 7 aromatic rings. The molecule has 2 heterocycles. The molecule has 0 saturated heterocycles. The quantitative estimate of drug-likeness (QED) is 0.170. The third-order valence-electron chi connectivity index (χ3n) is 8.86. The summed E-state index contributed by atoms with van der Waals surface area (Å²) < 4.78 is 2.14. The van der Waals surface area contributed by atoms with Gasteiger partial charge in [0.15, 0.2) is 0 Å². The number of nitrogens with zero attached hydrogens (tertiary/aromatic N) is 4. The lowest BCUT2D eigenvalue weighted by molar-refractivity contribution is 0.0279. The molecule has 1 unspecified atom stereocenters. The number of hydrogen-bond acceptors (Lipinski definition) is 4. The van der Waals surface area contributed by atoms with Gasteiger partial charge in [0.1, 0.15) is 16.8 Å². The summed E-state index contributed by atoms with van der Waals surface area (Å²) in [6, 6.07) is 41.2. The van der Waals surface area contributed by atoms with E-state index in [-0.39, 0.29) is 5.92 Å². The largest absolute Gasteiger partial charge is 0.378 e. The van der Waals surface area contributed by atoms with Gasteiger partial charge in [-0.15, -0.1) is 5.10 Å². The lowest BCUT2D eigenvalue weighted by atomic mass is 9.76. The third kappa shape index (κ3) is 4.65. The van der Waals surface area contributed by atoms with Gasteiger partial charge in [-0.1, -0.05) is 146 Å². The summed E-state index contributed by atoms with van der Waals surface area (Å²) in [5.74, 6) is -0.192. The Labute approximate surface area is 267 Å². The van der Waals surface area contributed by atoms with E-state index in [4.69, 9.17) is 16.6 Å². The fraction of sp³-hybridized carbons (Fsp3) is 0.132. The molecule has 1 atom stereocenters. The topological polar surface area (TPSA) is 79.6 Å². The Morgan fingerprint density at radius 2 is 1.36 bits per heavy atom. The first kappa shape index (κ1) is 28.7. The van der Waals surface area contributed by atoms with Gasteiger partial charge in [-0.2, -0.15) is 0 Å². The number of hydrogen-bond donors (Lipinski definition) is 2. The van der Waals surface area contributed by atoms with Crippen LogP contribution in [0.25, 0.3) is 22.0 Å². The molecule has 7 heteroatoms. The number of aliphatic hydroxyl groups is 1. The van der Waals surface area contributed by atoms with Crippen molar-refractivity contribution in [3.05, 3.63) is 173 Å². The standard InChI is InChI=1S/C38H32ClN5O/c1-26(2)38(45,31-19-21-32-27(22-31)18-20-33(36(32)39)34-23-41-43-42-34)35-24-44(25-40-35)37(28-12-6-3-7-13-28,29-14-8-4-9-15-29)30-16-10-5-11-17-30/h3-26,45H,1-2H3,(H,41,42,43). The number of imidazole rings is 1. The molecule has 5 aromatic carbocycles. The van der Waals surface area contributed by atoms with Gasteiger partial charge in [0.25, 0.3) is 0 Å². The molecule has 2 N–H and O–H groups in total. The summed E-state index contributed by atoms with van der Waals surface area (Å²) >= 11 is 6.85. The second-order valence-electron chi connectivity index (χ2n) is 11.6. The second-order valence-corrected chi connectivity index (χ2v) is 12.0. The molecule has 0 bridgehead atoms. The van der Waals surface area contributed by atoms with Gasteiger partial charge in [0.05, 0.1) is 23.2 Å². The second kappa shape index (κ2) is 11.5. The Balaban J connectivity index is 1.41. The van der Waals surface area contributed by atoms with Crippen molar-refractivity contribution in [1.82, 2.24) is 25.0 Å². The number of halogens is 1. The Bertz CT molecular complexity index is 1960. The average molecular weight is 610 g/mol. The van der Waals surface area contributed by atoms with Gasteiger partial charge in [-0.05, 0) is 39.6 Å². The van der Waals surface area contributed by atoms with Crippen LogP contribution in [0.5, 0.6) is 0 Å². The van der Waals surface area contributed by atoms with Gasteiger partial charge in [0.2, 0.25) is 0 Å². The van der Waals surface area contributed by atoms with Crippen LogP contribution in [-0.4, -0.2) is 30.1 Å². The highest BCUT2D eigenvalue weighted by Crippen LogP contribution is 2.44. The summed E-state index contributed by atoms with van der Waals surface area (Å²) in [5.41, 5.74) is 3.91.